The van der Waals surface area contributed by atoms with E-state index in [-0.39, 0.29) is 5.56 Å². The number of rotatable bonds is 6. The van der Waals surface area contributed by atoms with Gasteiger partial charge in [-0.1, -0.05) is 30.4 Å². The highest BCUT2D eigenvalue weighted by Crippen LogP contribution is 2.28. The van der Waals surface area contributed by atoms with Crippen molar-refractivity contribution < 1.29 is 24.8 Å². The zero-order valence-corrected chi connectivity index (χ0v) is 15.6. The van der Waals surface area contributed by atoms with Crippen LogP contribution in [0.3, 0.4) is 0 Å². The molecule has 0 saturated carbocycles. The molecule has 9 heteroatoms. The minimum atomic E-state index is -1.43. The normalized spacial score (nSPS) is 24.6. The maximum atomic E-state index is 12.1. The number of aromatic amines is 1. The highest BCUT2D eigenvalue weighted by Gasteiger charge is 2.43. The van der Waals surface area contributed by atoms with Gasteiger partial charge < -0.3 is 24.8 Å². The zero-order chi connectivity index (χ0) is 21.0. The molecule has 2 aromatic rings. The lowest BCUT2D eigenvalue weighted by molar-refractivity contribution is -0.0550. The molecular formula is C20H22N2O7. The molecule has 4 N–H and O–H groups in total. The molecule has 0 amide bonds. The van der Waals surface area contributed by atoms with Crippen molar-refractivity contribution in [1.29, 1.82) is 0 Å². The van der Waals surface area contributed by atoms with Crippen LogP contribution >= 0.6 is 0 Å². The molecule has 1 aliphatic rings. The number of aliphatic hydroxyl groups excluding tert-OH is 3. The summed E-state index contributed by atoms with van der Waals surface area (Å²) in [7, 11) is 1.59. The average molecular weight is 402 g/mol. The van der Waals surface area contributed by atoms with Gasteiger partial charge in [0.2, 0.25) is 0 Å². The quantitative estimate of drug-likeness (QED) is 0.495. The molecule has 0 bridgehead atoms. The number of aromatic nitrogens is 2. The van der Waals surface area contributed by atoms with E-state index in [1.54, 1.807) is 19.3 Å². The smallest absolute Gasteiger partial charge is 0.330 e. The zero-order valence-electron chi connectivity index (χ0n) is 15.6. The van der Waals surface area contributed by atoms with E-state index in [1.807, 2.05) is 30.3 Å². The molecule has 0 spiro atoms. The van der Waals surface area contributed by atoms with E-state index in [4.69, 9.17) is 9.47 Å². The summed E-state index contributed by atoms with van der Waals surface area (Å²) < 4.78 is 11.4. The molecule has 1 aromatic carbocycles. The molecule has 1 aromatic heterocycles. The molecule has 0 aliphatic carbocycles. The first-order chi connectivity index (χ1) is 13.9. The van der Waals surface area contributed by atoms with Gasteiger partial charge in [0.05, 0.1) is 19.3 Å². The molecular weight excluding hydrogens is 380 g/mol. The second-order valence-corrected chi connectivity index (χ2v) is 6.47. The molecule has 1 saturated heterocycles. The Bertz CT molecular complexity index is 1010. The van der Waals surface area contributed by atoms with Crippen LogP contribution in [0.2, 0.25) is 0 Å². The van der Waals surface area contributed by atoms with Crippen LogP contribution in [0.15, 0.2) is 52.2 Å². The molecule has 154 valence electrons. The van der Waals surface area contributed by atoms with E-state index >= 15 is 0 Å². The molecule has 0 unspecified atom stereocenters. The third kappa shape index (κ3) is 4.54. The number of ether oxygens (including phenoxy) is 2. The number of nitrogens with zero attached hydrogens (tertiary/aromatic N) is 1. The monoisotopic (exact) mass is 402 g/mol. The Labute approximate surface area is 165 Å². The summed E-state index contributed by atoms with van der Waals surface area (Å²) in [5.41, 5.74) is -0.314. The Morgan fingerprint density at radius 1 is 1.14 bits per heavy atom. The minimum Gasteiger partial charge on any atom is -0.497 e. The number of allylic oxidation sites excluding steroid dienone is 2. The van der Waals surface area contributed by atoms with Crippen molar-refractivity contribution in [3.63, 3.8) is 0 Å². The Balaban J connectivity index is 1.80. The third-order valence-electron chi connectivity index (χ3n) is 4.58. The van der Waals surface area contributed by atoms with Crippen LogP contribution in [-0.2, 0) is 4.74 Å². The highest BCUT2D eigenvalue weighted by atomic mass is 16.6. The third-order valence-corrected chi connectivity index (χ3v) is 4.58. The number of benzene rings is 1. The number of aliphatic hydroxyl groups is 3. The van der Waals surface area contributed by atoms with Gasteiger partial charge in [0, 0.05) is 6.20 Å². The summed E-state index contributed by atoms with van der Waals surface area (Å²) in [6.07, 6.45) is 2.87. The van der Waals surface area contributed by atoms with Crippen LogP contribution in [0.25, 0.3) is 12.2 Å². The SMILES string of the molecule is COc1ccc(/C=C/C=C/c2cn([C@@H]3O[C@H](CO)[C@@H](O)[C@H]3O)c(=O)[nH]c2=O)cc1. The van der Waals surface area contributed by atoms with Gasteiger partial charge in [0.1, 0.15) is 24.1 Å². The molecule has 1 fully saturated rings. The minimum absolute atomic E-state index is 0.154. The number of hydrogen-bond acceptors (Lipinski definition) is 7. The molecule has 29 heavy (non-hydrogen) atoms. The van der Waals surface area contributed by atoms with Crippen molar-refractivity contribution in [3.05, 3.63) is 74.6 Å². The molecule has 4 atom stereocenters. The molecule has 0 radical (unpaired) electrons. The van der Waals surface area contributed by atoms with Crippen LogP contribution < -0.4 is 16.0 Å². The van der Waals surface area contributed by atoms with Gasteiger partial charge in [-0.3, -0.25) is 14.3 Å². The number of hydrogen-bond donors (Lipinski definition) is 4. The first kappa shape index (κ1) is 20.7. The van der Waals surface area contributed by atoms with Crippen molar-refractivity contribution in [1.82, 2.24) is 9.55 Å². The first-order valence-electron chi connectivity index (χ1n) is 8.91. The number of H-pyrrole nitrogens is 1. The summed E-state index contributed by atoms with van der Waals surface area (Å²) in [5.74, 6) is 0.747. The van der Waals surface area contributed by atoms with E-state index < -0.39 is 42.4 Å². The van der Waals surface area contributed by atoms with E-state index in [2.05, 4.69) is 4.98 Å². The summed E-state index contributed by atoms with van der Waals surface area (Å²) >= 11 is 0. The van der Waals surface area contributed by atoms with Crippen molar-refractivity contribution in [3.8, 4) is 5.75 Å². The largest absolute Gasteiger partial charge is 0.497 e. The lowest BCUT2D eigenvalue weighted by Gasteiger charge is -2.17. The van der Waals surface area contributed by atoms with Crippen LogP contribution in [-0.4, -0.2) is 56.9 Å². The Morgan fingerprint density at radius 3 is 2.45 bits per heavy atom. The summed E-state index contributed by atoms with van der Waals surface area (Å²) in [5, 5.41) is 29.2. The predicted octanol–water partition coefficient (Wildman–Crippen LogP) is -0.117. The average Bonchev–Trinajstić information content (AvgIpc) is 3.01. The predicted molar refractivity (Wildman–Crippen MR) is 105 cm³/mol. The van der Waals surface area contributed by atoms with Crippen LogP contribution in [0.5, 0.6) is 5.75 Å². The van der Waals surface area contributed by atoms with Crippen molar-refractivity contribution in [2.45, 2.75) is 24.5 Å². The Morgan fingerprint density at radius 2 is 1.83 bits per heavy atom. The van der Waals surface area contributed by atoms with Gasteiger partial charge in [0.15, 0.2) is 6.23 Å². The van der Waals surface area contributed by atoms with E-state index in [0.717, 1.165) is 15.9 Å². The first-order valence-corrected chi connectivity index (χ1v) is 8.91. The maximum absolute atomic E-state index is 12.1. The van der Waals surface area contributed by atoms with Crippen LogP contribution in [0.1, 0.15) is 17.4 Å². The molecule has 2 heterocycles. The fraction of sp³-hybridized carbons (Fsp3) is 0.300. The van der Waals surface area contributed by atoms with Crippen LogP contribution in [0, 0.1) is 0 Å². The second kappa shape index (κ2) is 9.01. The lowest BCUT2D eigenvalue weighted by atomic mass is 10.1. The maximum Gasteiger partial charge on any atom is 0.330 e. The van der Waals surface area contributed by atoms with Gasteiger partial charge in [0.25, 0.3) is 5.56 Å². The second-order valence-electron chi connectivity index (χ2n) is 6.47. The van der Waals surface area contributed by atoms with Crippen molar-refractivity contribution in [2.24, 2.45) is 0 Å². The van der Waals surface area contributed by atoms with Gasteiger partial charge in [-0.05, 0) is 23.8 Å². The number of nitrogens with one attached hydrogen (secondary N) is 1. The summed E-state index contributed by atoms with van der Waals surface area (Å²) in [6, 6.07) is 7.39. The van der Waals surface area contributed by atoms with E-state index in [9.17, 15) is 24.9 Å². The lowest BCUT2D eigenvalue weighted by Crippen LogP contribution is -2.38. The van der Waals surface area contributed by atoms with Gasteiger partial charge in [-0.2, -0.15) is 0 Å². The van der Waals surface area contributed by atoms with Gasteiger partial charge in [-0.25, -0.2) is 4.79 Å². The molecule has 9 nitrogen and oxygen atoms in total. The highest BCUT2D eigenvalue weighted by molar-refractivity contribution is 5.56. The van der Waals surface area contributed by atoms with Crippen LogP contribution in [0.4, 0.5) is 0 Å². The van der Waals surface area contributed by atoms with Gasteiger partial charge >= 0.3 is 5.69 Å². The standard InChI is InChI=1S/C20H22N2O7/c1-28-14-8-6-12(7-9-14)4-2-3-5-13-10-22(20(27)21-18(13)26)19-17(25)16(24)15(11-23)29-19/h2-10,15-17,19,23-25H,11H2,1H3,(H,21,26,27)/b4-2+,5-3+/t15-,16-,17-,19-/m1/s1. The Hall–Kier alpha value is -2.98. The fourth-order valence-corrected chi connectivity index (χ4v) is 2.96. The van der Waals surface area contributed by atoms with E-state index in [0.29, 0.717) is 0 Å². The molecule has 3 rings (SSSR count). The summed E-state index contributed by atoms with van der Waals surface area (Å²) in [4.78, 5) is 26.3. The summed E-state index contributed by atoms with van der Waals surface area (Å²) in [6.45, 7) is -0.518. The fourth-order valence-electron chi connectivity index (χ4n) is 2.96. The topological polar surface area (TPSA) is 134 Å². The van der Waals surface area contributed by atoms with Crippen molar-refractivity contribution >= 4 is 12.2 Å². The van der Waals surface area contributed by atoms with Crippen molar-refractivity contribution in [2.75, 3.05) is 13.7 Å². The van der Waals surface area contributed by atoms with E-state index in [1.165, 1.54) is 12.3 Å². The molecule has 1 aliphatic heterocycles. The Kier molecular flexibility index (Phi) is 6.45. The number of methoxy groups -OCH3 is 1. The van der Waals surface area contributed by atoms with Gasteiger partial charge in [-0.15, -0.1) is 0 Å².